The lowest BCUT2D eigenvalue weighted by molar-refractivity contribution is -0.136. The van der Waals surface area contributed by atoms with E-state index in [1.807, 2.05) is 30.3 Å². The van der Waals surface area contributed by atoms with Gasteiger partial charge in [0.05, 0.1) is 6.42 Å². The first-order valence-corrected chi connectivity index (χ1v) is 11.8. The Balaban J connectivity index is 1.66. The highest BCUT2D eigenvalue weighted by Crippen LogP contribution is 2.32. The normalized spacial score (nSPS) is 14.7. The van der Waals surface area contributed by atoms with E-state index in [-0.39, 0.29) is 18.8 Å². The largest absolute Gasteiger partial charge is 0.489 e. The number of halogens is 1. The Kier molecular flexibility index (Phi) is 7.48. The van der Waals surface area contributed by atoms with Crippen LogP contribution in [0.3, 0.4) is 0 Å². The summed E-state index contributed by atoms with van der Waals surface area (Å²) < 4.78 is 21.3. The van der Waals surface area contributed by atoms with Crippen LogP contribution in [0, 0.1) is 5.82 Å². The van der Waals surface area contributed by atoms with Gasteiger partial charge in [-0.15, -0.1) is 0 Å². The van der Waals surface area contributed by atoms with Gasteiger partial charge in [0.2, 0.25) is 0 Å². The molecular formula is C28H31FN2O3. The van der Waals surface area contributed by atoms with Crippen molar-refractivity contribution in [3.8, 4) is 16.9 Å². The second-order valence-corrected chi connectivity index (χ2v) is 9.01. The minimum atomic E-state index is -0.911. The molecule has 1 atom stereocenters. The molecule has 1 aliphatic rings. The zero-order valence-corrected chi connectivity index (χ0v) is 19.4. The third kappa shape index (κ3) is 5.75. The van der Waals surface area contributed by atoms with E-state index in [2.05, 4.69) is 5.32 Å². The van der Waals surface area contributed by atoms with Crippen molar-refractivity contribution in [1.29, 1.82) is 0 Å². The van der Waals surface area contributed by atoms with Crippen molar-refractivity contribution in [3.05, 3.63) is 83.2 Å². The maximum Gasteiger partial charge on any atom is 0.307 e. The number of anilines is 1. The number of benzene rings is 3. The number of hydrogen-bond donors (Lipinski definition) is 3. The Labute approximate surface area is 199 Å². The molecule has 0 heterocycles. The van der Waals surface area contributed by atoms with Crippen molar-refractivity contribution in [2.75, 3.05) is 5.32 Å². The highest BCUT2D eigenvalue weighted by molar-refractivity contribution is 5.72. The van der Waals surface area contributed by atoms with Gasteiger partial charge in [0.15, 0.2) is 0 Å². The van der Waals surface area contributed by atoms with Gasteiger partial charge in [-0.3, -0.25) is 4.79 Å². The molecule has 6 heteroatoms. The molecule has 1 aliphatic carbocycles. The zero-order chi connectivity index (χ0) is 24.1. The number of nitrogens with one attached hydrogen (secondary N) is 1. The van der Waals surface area contributed by atoms with Gasteiger partial charge in [-0.25, -0.2) is 4.39 Å². The fourth-order valence-electron chi connectivity index (χ4n) is 4.56. The number of carboxylic acids is 1. The van der Waals surface area contributed by atoms with Crippen molar-refractivity contribution >= 4 is 11.7 Å². The minimum Gasteiger partial charge on any atom is -0.489 e. The molecule has 0 bridgehead atoms. The lowest BCUT2D eigenvalue weighted by atomic mass is 9.97. The Bertz CT molecular complexity index is 1160. The summed E-state index contributed by atoms with van der Waals surface area (Å²) >= 11 is 0. The number of para-hydroxylation sites is 1. The second-order valence-electron chi connectivity index (χ2n) is 9.01. The number of nitrogens with two attached hydrogens (primary N) is 1. The molecule has 0 spiro atoms. The second kappa shape index (κ2) is 10.7. The van der Waals surface area contributed by atoms with Crippen LogP contribution in [0.4, 0.5) is 10.1 Å². The van der Waals surface area contributed by atoms with Crippen LogP contribution in [0.5, 0.6) is 5.75 Å². The first-order valence-electron chi connectivity index (χ1n) is 11.8. The lowest BCUT2D eigenvalue weighted by Crippen LogP contribution is -2.15. The van der Waals surface area contributed by atoms with Crippen LogP contribution in [0.1, 0.15) is 55.3 Å². The molecule has 34 heavy (non-hydrogen) atoms. The van der Waals surface area contributed by atoms with Gasteiger partial charge in [-0.1, -0.05) is 49.2 Å². The van der Waals surface area contributed by atoms with Crippen LogP contribution in [0.15, 0.2) is 60.7 Å². The number of ether oxygens (including phenoxy) is 1. The van der Waals surface area contributed by atoms with Gasteiger partial charge >= 0.3 is 5.97 Å². The first kappa shape index (κ1) is 23.8. The molecule has 4 N–H and O–H groups in total. The van der Waals surface area contributed by atoms with Gasteiger partial charge in [0.25, 0.3) is 0 Å². The van der Waals surface area contributed by atoms with Crippen molar-refractivity contribution in [2.24, 2.45) is 5.73 Å². The SMILES string of the molecule is C[C@@H](N)c1cccc(-c2cc(COc3ccccc3CC(=O)O)cc(NC3CCCC3)c2)c1F. The molecule has 0 radical (unpaired) electrons. The number of hydrogen-bond acceptors (Lipinski definition) is 4. The smallest absolute Gasteiger partial charge is 0.307 e. The molecule has 178 valence electrons. The summed E-state index contributed by atoms with van der Waals surface area (Å²) in [6, 6.07) is 18.4. The highest BCUT2D eigenvalue weighted by Gasteiger charge is 2.18. The van der Waals surface area contributed by atoms with E-state index in [4.69, 9.17) is 10.5 Å². The van der Waals surface area contributed by atoms with Crippen molar-refractivity contribution in [2.45, 2.75) is 57.7 Å². The highest BCUT2D eigenvalue weighted by atomic mass is 19.1. The Hall–Kier alpha value is -3.38. The van der Waals surface area contributed by atoms with Crippen LogP contribution >= 0.6 is 0 Å². The lowest BCUT2D eigenvalue weighted by Gasteiger charge is -2.18. The number of carbonyl (C=O) groups is 1. The number of carboxylic acid groups (broad SMARTS) is 1. The molecule has 0 saturated heterocycles. The molecule has 5 nitrogen and oxygen atoms in total. The molecular weight excluding hydrogens is 431 g/mol. The average molecular weight is 463 g/mol. The topological polar surface area (TPSA) is 84.6 Å². The fourth-order valence-corrected chi connectivity index (χ4v) is 4.56. The van der Waals surface area contributed by atoms with Crippen LogP contribution < -0.4 is 15.8 Å². The predicted octanol–water partition coefficient (Wildman–Crippen LogP) is 6.07. The van der Waals surface area contributed by atoms with E-state index in [0.717, 1.165) is 29.7 Å². The van der Waals surface area contributed by atoms with Gasteiger partial charge in [-0.2, -0.15) is 0 Å². The van der Waals surface area contributed by atoms with Crippen molar-refractivity contribution < 1.29 is 19.0 Å². The van der Waals surface area contributed by atoms with Gasteiger partial charge in [-0.05, 0) is 55.2 Å². The summed E-state index contributed by atoms with van der Waals surface area (Å²) in [7, 11) is 0. The maximum absolute atomic E-state index is 15.3. The fraction of sp³-hybridized carbons (Fsp3) is 0.321. The molecule has 4 rings (SSSR count). The molecule has 0 aromatic heterocycles. The van der Waals surface area contributed by atoms with E-state index >= 15 is 4.39 Å². The van der Waals surface area contributed by atoms with Gasteiger partial charge in [0, 0.05) is 34.5 Å². The first-order chi connectivity index (χ1) is 16.4. The molecule has 0 aliphatic heterocycles. The van der Waals surface area contributed by atoms with Crippen LogP contribution in [-0.2, 0) is 17.8 Å². The molecule has 1 saturated carbocycles. The summed E-state index contributed by atoms with van der Waals surface area (Å²) in [6.45, 7) is 2.01. The van der Waals surface area contributed by atoms with E-state index in [1.165, 1.54) is 12.8 Å². The summed E-state index contributed by atoms with van der Waals surface area (Å²) in [5.74, 6) is -0.689. The monoisotopic (exact) mass is 462 g/mol. The maximum atomic E-state index is 15.3. The molecule has 3 aromatic rings. The standard InChI is InChI=1S/C28H31FN2O3/c1-18(30)24-10-6-11-25(28(24)29)21-13-19(14-23(15-21)31-22-8-3-4-9-22)17-34-26-12-5-2-7-20(26)16-27(32)33/h2,5-7,10-15,18,22,31H,3-4,8-9,16-17,30H2,1H3,(H,32,33)/t18-/m1/s1. The Morgan fingerprint density at radius 3 is 2.65 bits per heavy atom. The summed E-state index contributed by atoms with van der Waals surface area (Å²) in [4.78, 5) is 11.2. The van der Waals surface area contributed by atoms with E-state index in [9.17, 15) is 9.90 Å². The van der Waals surface area contributed by atoms with Crippen molar-refractivity contribution in [1.82, 2.24) is 0 Å². The van der Waals surface area contributed by atoms with Crippen LogP contribution in [0.25, 0.3) is 11.1 Å². The Morgan fingerprint density at radius 2 is 1.91 bits per heavy atom. The van der Waals surface area contributed by atoms with Crippen LogP contribution in [-0.4, -0.2) is 17.1 Å². The molecule has 3 aromatic carbocycles. The number of aliphatic carboxylic acids is 1. The third-order valence-electron chi connectivity index (χ3n) is 6.26. The molecule has 0 unspecified atom stereocenters. The summed E-state index contributed by atoms with van der Waals surface area (Å²) in [5.41, 5.74) is 10.1. The number of rotatable bonds is 9. The molecule has 0 amide bonds. The average Bonchev–Trinajstić information content (AvgIpc) is 3.31. The Morgan fingerprint density at radius 1 is 1.15 bits per heavy atom. The molecule has 1 fully saturated rings. The predicted molar refractivity (Wildman–Crippen MR) is 132 cm³/mol. The van der Waals surface area contributed by atoms with Crippen molar-refractivity contribution in [3.63, 3.8) is 0 Å². The van der Waals surface area contributed by atoms with Crippen LogP contribution in [0.2, 0.25) is 0 Å². The van der Waals surface area contributed by atoms with E-state index < -0.39 is 12.0 Å². The van der Waals surface area contributed by atoms with E-state index in [0.29, 0.717) is 28.5 Å². The van der Waals surface area contributed by atoms with Gasteiger partial charge in [0.1, 0.15) is 18.2 Å². The third-order valence-corrected chi connectivity index (χ3v) is 6.26. The summed E-state index contributed by atoms with van der Waals surface area (Å²) in [6.07, 6.45) is 4.54. The zero-order valence-electron chi connectivity index (χ0n) is 19.4. The minimum absolute atomic E-state index is 0.111. The van der Waals surface area contributed by atoms with E-state index in [1.54, 1.807) is 37.3 Å². The quantitative estimate of drug-likeness (QED) is 0.359. The summed E-state index contributed by atoms with van der Waals surface area (Å²) in [5, 5.41) is 12.8. The van der Waals surface area contributed by atoms with Gasteiger partial charge < -0.3 is 20.9 Å².